The van der Waals surface area contributed by atoms with E-state index < -0.39 is 0 Å². The van der Waals surface area contributed by atoms with E-state index in [4.69, 9.17) is 4.74 Å². The van der Waals surface area contributed by atoms with E-state index in [2.05, 4.69) is 67.2 Å². The molecule has 0 spiro atoms. The smallest absolute Gasteiger partial charge is 0.139 e. The molecule has 0 aliphatic carbocycles. The third kappa shape index (κ3) is 5.03. The highest BCUT2D eigenvalue weighted by Crippen LogP contribution is 2.37. The Hall–Kier alpha value is -1.88. The molecule has 0 radical (unpaired) electrons. The first-order chi connectivity index (χ1) is 15.8. The van der Waals surface area contributed by atoms with Crippen LogP contribution in [0.3, 0.4) is 0 Å². The molecule has 1 aliphatic rings. The Morgan fingerprint density at radius 1 is 1.22 bits per heavy atom. The number of rotatable bonds is 9. The van der Waals surface area contributed by atoms with Crippen LogP contribution in [0.2, 0.25) is 0 Å². The van der Waals surface area contributed by atoms with Crippen molar-refractivity contribution in [3.8, 4) is 10.7 Å². The van der Waals surface area contributed by atoms with Crippen molar-refractivity contribution in [1.29, 1.82) is 0 Å². The van der Waals surface area contributed by atoms with Gasteiger partial charge < -0.3 is 19.3 Å². The van der Waals surface area contributed by atoms with Gasteiger partial charge in [-0.05, 0) is 35.5 Å². The molecular weight excluding hydrogens is 458 g/mol. The van der Waals surface area contributed by atoms with Crippen molar-refractivity contribution < 1.29 is 4.74 Å². The first-order valence-electron chi connectivity index (χ1n) is 10.8. The van der Waals surface area contributed by atoms with E-state index in [1.54, 1.807) is 23.3 Å². The van der Waals surface area contributed by atoms with Crippen LogP contribution >= 0.6 is 34.6 Å². The number of fused-ring (bicyclic) bond motifs is 1. The normalized spacial score (nSPS) is 14.9. The highest BCUT2D eigenvalue weighted by atomic mass is 32.2. The Morgan fingerprint density at radius 3 is 2.97 bits per heavy atom. The van der Waals surface area contributed by atoms with Crippen molar-refractivity contribution in [1.82, 2.24) is 20.2 Å². The topological polar surface area (TPSA) is 56.4 Å². The maximum absolute atomic E-state index is 5.43. The number of aromatic amines is 1. The lowest BCUT2D eigenvalue weighted by Crippen LogP contribution is -2.40. The van der Waals surface area contributed by atoms with Gasteiger partial charge in [0.1, 0.15) is 5.01 Å². The first-order valence-corrected chi connectivity index (χ1v) is 13.3. The molecular formula is C23H27N5OS3. The molecule has 32 heavy (non-hydrogen) atoms. The van der Waals surface area contributed by atoms with E-state index in [0.29, 0.717) is 0 Å². The summed E-state index contributed by atoms with van der Waals surface area (Å²) in [5.74, 6) is 0. The molecule has 9 heteroatoms. The Balaban J connectivity index is 1.23. The van der Waals surface area contributed by atoms with Gasteiger partial charge in [-0.15, -0.1) is 22.7 Å². The molecule has 4 aromatic rings. The summed E-state index contributed by atoms with van der Waals surface area (Å²) >= 11 is 5.26. The van der Waals surface area contributed by atoms with Crippen LogP contribution in [0.25, 0.3) is 21.6 Å². The van der Waals surface area contributed by atoms with E-state index in [1.165, 1.54) is 20.8 Å². The van der Waals surface area contributed by atoms with Gasteiger partial charge in [0.25, 0.3) is 0 Å². The van der Waals surface area contributed by atoms with Crippen LogP contribution in [0, 0.1) is 0 Å². The number of nitrogens with one attached hydrogen (secondary N) is 2. The number of anilines is 1. The molecule has 1 saturated heterocycles. The standard InChI is InChI=1S/C23H27N5OS3/c1-27(19-4-2-3-17-15-18(26-22(17)19)23-25-7-14-31-23)32-20-5-13-30-21(20)16-24-6-8-28-9-11-29-12-10-28/h2-5,7,13-15,24,26H,6,8-12,16H2,1H3. The molecule has 0 bridgehead atoms. The summed E-state index contributed by atoms with van der Waals surface area (Å²) in [7, 11) is 2.14. The minimum absolute atomic E-state index is 0.858. The maximum Gasteiger partial charge on any atom is 0.139 e. The molecule has 0 saturated carbocycles. The molecule has 3 aromatic heterocycles. The van der Waals surface area contributed by atoms with E-state index in [1.807, 2.05) is 22.9 Å². The quantitative estimate of drug-likeness (QED) is 0.259. The Bertz CT molecular complexity index is 1130. The minimum Gasteiger partial charge on any atom is -0.379 e. The molecule has 6 nitrogen and oxygen atoms in total. The van der Waals surface area contributed by atoms with Crippen molar-refractivity contribution in [2.24, 2.45) is 0 Å². The van der Waals surface area contributed by atoms with Gasteiger partial charge in [0, 0.05) is 66.5 Å². The predicted octanol–water partition coefficient (Wildman–Crippen LogP) is 4.92. The fraction of sp³-hybridized carbons (Fsp3) is 0.348. The number of hydrogen-bond acceptors (Lipinski definition) is 8. The molecule has 0 atom stereocenters. The predicted molar refractivity (Wildman–Crippen MR) is 137 cm³/mol. The van der Waals surface area contributed by atoms with Gasteiger partial charge in [0.15, 0.2) is 0 Å². The minimum atomic E-state index is 0.858. The second-order valence-corrected chi connectivity index (χ2v) is 10.8. The lowest BCUT2D eigenvalue weighted by atomic mass is 10.2. The number of nitrogens with zero attached hydrogens (tertiary/aromatic N) is 3. The van der Waals surface area contributed by atoms with E-state index in [-0.39, 0.29) is 0 Å². The maximum atomic E-state index is 5.43. The van der Waals surface area contributed by atoms with Crippen molar-refractivity contribution >= 4 is 51.2 Å². The summed E-state index contributed by atoms with van der Waals surface area (Å²) < 4.78 is 7.68. The fourth-order valence-corrected chi connectivity index (χ4v) is 6.41. The fourth-order valence-electron chi connectivity index (χ4n) is 3.87. The number of aromatic nitrogens is 2. The van der Waals surface area contributed by atoms with Gasteiger partial charge in [0.05, 0.1) is 30.1 Å². The molecule has 1 aliphatic heterocycles. The van der Waals surface area contributed by atoms with Gasteiger partial charge in [0.2, 0.25) is 0 Å². The lowest BCUT2D eigenvalue weighted by Gasteiger charge is -2.26. The average molecular weight is 486 g/mol. The molecule has 2 N–H and O–H groups in total. The number of benzene rings is 1. The number of para-hydroxylation sites is 1. The molecule has 0 unspecified atom stereocenters. The van der Waals surface area contributed by atoms with Gasteiger partial charge in [-0.3, -0.25) is 4.90 Å². The number of H-pyrrole nitrogens is 1. The van der Waals surface area contributed by atoms with Crippen molar-refractivity contribution in [3.05, 3.63) is 52.2 Å². The summed E-state index contributed by atoms with van der Waals surface area (Å²) in [6.45, 7) is 6.78. The van der Waals surface area contributed by atoms with Crippen LogP contribution in [-0.4, -0.2) is 61.3 Å². The van der Waals surface area contributed by atoms with Crippen molar-refractivity contribution in [2.75, 3.05) is 50.7 Å². The summed E-state index contributed by atoms with van der Waals surface area (Å²) in [6.07, 6.45) is 1.85. The molecule has 1 aromatic carbocycles. The SMILES string of the molecule is CN(Sc1ccsc1CNCCN1CCOCC1)c1cccc2cc(-c3nccs3)[nH]c12. The Labute approximate surface area is 200 Å². The van der Waals surface area contributed by atoms with Crippen LogP contribution in [-0.2, 0) is 11.3 Å². The average Bonchev–Trinajstić information content (AvgIpc) is 3.57. The highest BCUT2D eigenvalue weighted by Gasteiger charge is 2.15. The van der Waals surface area contributed by atoms with Crippen molar-refractivity contribution in [3.63, 3.8) is 0 Å². The Morgan fingerprint density at radius 2 is 2.12 bits per heavy atom. The van der Waals surface area contributed by atoms with Gasteiger partial charge >= 0.3 is 0 Å². The zero-order chi connectivity index (χ0) is 21.8. The number of ether oxygens (including phenoxy) is 1. The van der Waals surface area contributed by atoms with E-state index in [0.717, 1.165) is 62.2 Å². The van der Waals surface area contributed by atoms with Crippen molar-refractivity contribution in [2.45, 2.75) is 11.4 Å². The zero-order valence-electron chi connectivity index (χ0n) is 18.0. The first kappa shape index (κ1) is 21.9. The monoisotopic (exact) mass is 485 g/mol. The number of thiazole rings is 1. The molecule has 168 valence electrons. The van der Waals surface area contributed by atoms with Gasteiger partial charge in [-0.2, -0.15) is 0 Å². The van der Waals surface area contributed by atoms with Crippen LogP contribution in [0.1, 0.15) is 4.88 Å². The molecule has 0 amide bonds. The van der Waals surface area contributed by atoms with E-state index >= 15 is 0 Å². The van der Waals surface area contributed by atoms with Crippen LogP contribution in [0.15, 0.2) is 52.2 Å². The van der Waals surface area contributed by atoms with Crippen LogP contribution < -0.4 is 9.62 Å². The number of thiophene rings is 1. The lowest BCUT2D eigenvalue weighted by molar-refractivity contribution is 0.0384. The third-order valence-corrected chi connectivity index (χ3v) is 8.48. The second kappa shape index (κ2) is 10.4. The van der Waals surface area contributed by atoms with Crippen LogP contribution in [0.4, 0.5) is 5.69 Å². The van der Waals surface area contributed by atoms with Crippen LogP contribution in [0.5, 0.6) is 0 Å². The molecule has 4 heterocycles. The third-order valence-electron chi connectivity index (χ3n) is 5.57. The molecule has 5 rings (SSSR count). The summed E-state index contributed by atoms with van der Waals surface area (Å²) in [5.41, 5.74) is 3.39. The number of morpholine rings is 1. The molecule has 1 fully saturated rings. The van der Waals surface area contributed by atoms with Gasteiger partial charge in [-0.25, -0.2) is 4.98 Å². The largest absolute Gasteiger partial charge is 0.379 e. The summed E-state index contributed by atoms with van der Waals surface area (Å²) in [5, 5.41) is 10.0. The zero-order valence-corrected chi connectivity index (χ0v) is 20.5. The number of hydrogen-bond donors (Lipinski definition) is 2. The second-order valence-electron chi connectivity index (χ2n) is 7.69. The Kier molecular flexibility index (Phi) is 7.11. The van der Waals surface area contributed by atoms with Gasteiger partial charge in [-0.1, -0.05) is 12.1 Å². The highest BCUT2D eigenvalue weighted by molar-refractivity contribution is 8.00. The summed E-state index contributed by atoms with van der Waals surface area (Å²) in [4.78, 5) is 13.2. The summed E-state index contributed by atoms with van der Waals surface area (Å²) in [6, 6.07) is 10.9. The van der Waals surface area contributed by atoms with E-state index in [9.17, 15) is 0 Å².